The Kier molecular flexibility index (Phi) is 7.84. The van der Waals surface area contributed by atoms with Gasteiger partial charge in [0.15, 0.2) is 6.29 Å². The SMILES string of the molecule is CCC(CC)O[C@@H]1[C@H](O)[C@@H](OCc2ccccc2)O[C@@H]1COC(C)=O. The molecule has 2 rings (SSSR count). The van der Waals surface area contributed by atoms with E-state index >= 15 is 0 Å². The molecule has 0 bridgehead atoms. The van der Waals surface area contributed by atoms with Crippen LogP contribution in [0.1, 0.15) is 39.2 Å². The maximum Gasteiger partial charge on any atom is 0.302 e. The molecule has 1 aliphatic rings. The first-order valence-corrected chi connectivity index (χ1v) is 8.83. The number of esters is 1. The van der Waals surface area contributed by atoms with Gasteiger partial charge in [0.1, 0.15) is 24.9 Å². The molecule has 0 saturated carbocycles. The number of aliphatic hydroxyl groups is 1. The molecule has 25 heavy (non-hydrogen) atoms. The van der Waals surface area contributed by atoms with E-state index in [-0.39, 0.29) is 12.7 Å². The van der Waals surface area contributed by atoms with Gasteiger partial charge >= 0.3 is 5.97 Å². The monoisotopic (exact) mass is 352 g/mol. The third-order valence-corrected chi connectivity index (χ3v) is 4.26. The quantitative estimate of drug-likeness (QED) is 0.688. The topological polar surface area (TPSA) is 74.2 Å². The molecule has 140 valence electrons. The lowest BCUT2D eigenvalue weighted by Crippen LogP contribution is -2.40. The maximum atomic E-state index is 11.1. The molecular weight excluding hydrogens is 324 g/mol. The Morgan fingerprint density at radius 3 is 2.52 bits per heavy atom. The van der Waals surface area contributed by atoms with Gasteiger partial charge in [-0.15, -0.1) is 0 Å². The van der Waals surface area contributed by atoms with E-state index < -0.39 is 30.6 Å². The van der Waals surface area contributed by atoms with E-state index in [2.05, 4.69) is 0 Å². The number of carbonyl (C=O) groups excluding carboxylic acids is 1. The lowest BCUT2D eigenvalue weighted by atomic mass is 10.1. The van der Waals surface area contributed by atoms with E-state index in [0.29, 0.717) is 6.61 Å². The Balaban J connectivity index is 1.99. The standard InChI is InChI=1S/C19H28O6/c1-4-15(5-2)24-18-16(12-22-13(3)20)25-19(17(18)21)23-11-14-9-7-6-8-10-14/h6-10,15-19,21H,4-5,11-12H2,1-3H3/t16-,17+,18+,19+/m1/s1. The van der Waals surface area contributed by atoms with Gasteiger partial charge in [-0.25, -0.2) is 0 Å². The number of rotatable bonds is 9. The summed E-state index contributed by atoms with van der Waals surface area (Å²) in [5, 5.41) is 10.6. The molecule has 4 atom stereocenters. The van der Waals surface area contributed by atoms with Crippen molar-refractivity contribution in [3.63, 3.8) is 0 Å². The normalized spacial score (nSPS) is 26.1. The average molecular weight is 352 g/mol. The molecule has 1 aromatic carbocycles. The lowest BCUT2D eigenvalue weighted by molar-refractivity contribution is -0.180. The molecule has 1 fully saturated rings. The van der Waals surface area contributed by atoms with Gasteiger partial charge in [-0.1, -0.05) is 44.2 Å². The van der Waals surface area contributed by atoms with Gasteiger partial charge in [0, 0.05) is 6.92 Å². The second-order valence-electron chi connectivity index (χ2n) is 6.17. The molecule has 1 N–H and O–H groups in total. The van der Waals surface area contributed by atoms with E-state index in [1.165, 1.54) is 6.92 Å². The van der Waals surface area contributed by atoms with Gasteiger partial charge < -0.3 is 24.1 Å². The number of hydrogen-bond acceptors (Lipinski definition) is 6. The molecule has 0 spiro atoms. The second-order valence-corrected chi connectivity index (χ2v) is 6.17. The number of ether oxygens (including phenoxy) is 4. The van der Waals surface area contributed by atoms with Crippen LogP contribution in [0, 0.1) is 0 Å². The Morgan fingerprint density at radius 2 is 1.92 bits per heavy atom. The predicted molar refractivity (Wildman–Crippen MR) is 91.8 cm³/mol. The van der Waals surface area contributed by atoms with Crippen molar-refractivity contribution in [1.29, 1.82) is 0 Å². The summed E-state index contributed by atoms with van der Waals surface area (Å²) in [4.78, 5) is 11.1. The van der Waals surface area contributed by atoms with Crippen molar-refractivity contribution in [3.8, 4) is 0 Å². The first kappa shape index (κ1) is 19.8. The van der Waals surface area contributed by atoms with Gasteiger partial charge in [0.05, 0.1) is 12.7 Å². The molecule has 0 amide bonds. The minimum Gasteiger partial charge on any atom is -0.463 e. The fourth-order valence-corrected chi connectivity index (χ4v) is 2.80. The van der Waals surface area contributed by atoms with Crippen molar-refractivity contribution in [2.75, 3.05) is 6.61 Å². The van der Waals surface area contributed by atoms with Crippen LogP contribution in [0.5, 0.6) is 0 Å². The third-order valence-electron chi connectivity index (χ3n) is 4.26. The van der Waals surface area contributed by atoms with Crippen LogP contribution in [0.3, 0.4) is 0 Å². The molecule has 1 saturated heterocycles. The predicted octanol–water partition coefficient (Wildman–Crippen LogP) is 2.43. The molecule has 0 unspecified atom stereocenters. The highest BCUT2D eigenvalue weighted by molar-refractivity contribution is 5.65. The summed E-state index contributed by atoms with van der Waals surface area (Å²) >= 11 is 0. The lowest BCUT2D eigenvalue weighted by Gasteiger charge is -2.25. The van der Waals surface area contributed by atoms with Crippen molar-refractivity contribution < 1.29 is 28.8 Å². The summed E-state index contributed by atoms with van der Waals surface area (Å²) < 4.78 is 22.6. The molecule has 1 aromatic rings. The van der Waals surface area contributed by atoms with Gasteiger partial charge in [0.25, 0.3) is 0 Å². The van der Waals surface area contributed by atoms with E-state index in [0.717, 1.165) is 18.4 Å². The van der Waals surface area contributed by atoms with Crippen molar-refractivity contribution >= 4 is 5.97 Å². The third kappa shape index (κ3) is 5.78. The maximum absolute atomic E-state index is 11.1. The number of carbonyl (C=O) groups is 1. The fourth-order valence-electron chi connectivity index (χ4n) is 2.80. The summed E-state index contributed by atoms with van der Waals surface area (Å²) in [5.41, 5.74) is 0.985. The van der Waals surface area contributed by atoms with Crippen LogP contribution in [-0.4, -0.2) is 48.4 Å². The Labute approximate surface area is 149 Å². The molecule has 0 aromatic heterocycles. The molecule has 6 heteroatoms. The number of benzene rings is 1. The van der Waals surface area contributed by atoms with E-state index in [1.54, 1.807) is 0 Å². The highest BCUT2D eigenvalue weighted by Gasteiger charge is 2.46. The van der Waals surface area contributed by atoms with Crippen LogP contribution < -0.4 is 0 Å². The van der Waals surface area contributed by atoms with Crippen molar-refractivity contribution in [2.45, 2.75) is 70.9 Å². The van der Waals surface area contributed by atoms with Gasteiger partial charge in [-0.05, 0) is 18.4 Å². The number of hydrogen-bond donors (Lipinski definition) is 1. The second kappa shape index (κ2) is 9.87. The Morgan fingerprint density at radius 1 is 1.24 bits per heavy atom. The minimum atomic E-state index is -0.940. The van der Waals surface area contributed by atoms with Gasteiger partial charge in [0.2, 0.25) is 0 Å². The molecular formula is C19H28O6. The fraction of sp³-hybridized carbons (Fsp3) is 0.632. The summed E-state index contributed by atoms with van der Waals surface area (Å²) in [6.07, 6.45) is -1.24. The molecule has 6 nitrogen and oxygen atoms in total. The minimum absolute atomic E-state index is 0.0101. The van der Waals surface area contributed by atoms with Crippen LogP contribution >= 0.6 is 0 Å². The zero-order chi connectivity index (χ0) is 18.2. The summed E-state index contributed by atoms with van der Waals surface area (Å²) in [7, 11) is 0. The van der Waals surface area contributed by atoms with Gasteiger partial charge in [-0.3, -0.25) is 4.79 Å². The molecule has 0 aliphatic carbocycles. The Hall–Kier alpha value is -1.47. The number of aliphatic hydroxyl groups excluding tert-OH is 1. The first-order chi connectivity index (χ1) is 12.0. The summed E-state index contributed by atoms with van der Waals surface area (Å²) in [6.45, 7) is 5.75. The van der Waals surface area contributed by atoms with Gasteiger partial charge in [-0.2, -0.15) is 0 Å². The largest absolute Gasteiger partial charge is 0.463 e. The smallest absolute Gasteiger partial charge is 0.302 e. The van der Waals surface area contributed by atoms with Crippen molar-refractivity contribution in [3.05, 3.63) is 35.9 Å². The van der Waals surface area contributed by atoms with Crippen LogP contribution in [0.25, 0.3) is 0 Å². The van der Waals surface area contributed by atoms with Crippen LogP contribution in [0.4, 0.5) is 0 Å². The summed E-state index contributed by atoms with van der Waals surface area (Å²) in [5.74, 6) is -0.395. The zero-order valence-corrected chi connectivity index (χ0v) is 15.1. The highest BCUT2D eigenvalue weighted by atomic mass is 16.7. The van der Waals surface area contributed by atoms with E-state index in [9.17, 15) is 9.90 Å². The first-order valence-electron chi connectivity index (χ1n) is 8.83. The van der Waals surface area contributed by atoms with E-state index in [1.807, 2.05) is 44.2 Å². The van der Waals surface area contributed by atoms with Crippen LogP contribution in [0.15, 0.2) is 30.3 Å². The van der Waals surface area contributed by atoms with Crippen LogP contribution in [0.2, 0.25) is 0 Å². The van der Waals surface area contributed by atoms with Crippen molar-refractivity contribution in [1.82, 2.24) is 0 Å². The van der Waals surface area contributed by atoms with Crippen molar-refractivity contribution in [2.24, 2.45) is 0 Å². The molecule has 0 radical (unpaired) electrons. The highest BCUT2D eigenvalue weighted by Crippen LogP contribution is 2.28. The zero-order valence-electron chi connectivity index (χ0n) is 15.1. The van der Waals surface area contributed by atoms with E-state index in [4.69, 9.17) is 18.9 Å². The summed E-state index contributed by atoms with van der Waals surface area (Å²) in [6, 6.07) is 9.66. The molecule has 1 heterocycles. The average Bonchev–Trinajstić information content (AvgIpc) is 2.92. The molecule has 1 aliphatic heterocycles. The van der Waals surface area contributed by atoms with Crippen LogP contribution in [-0.2, 0) is 30.3 Å². The Bertz CT molecular complexity index is 516.